The third kappa shape index (κ3) is 7.61. The smallest absolute Gasteiger partial charge is 0.253 e. The molecule has 2 aromatic rings. The molecule has 0 unspecified atom stereocenters. The van der Waals surface area contributed by atoms with Crippen molar-refractivity contribution in [1.29, 1.82) is 0 Å². The van der Waals surface area contributed by atoms with Gasteiger partial charge in [0.25, 0.3) is 11.8 Å². The molecule has 33 heavy (non-hydrogen) atoms. The number of hydrogen-bond acceptors (Lipinski definition) is 5. The Bertz CT molecular complexity index is 955. The van der Waals surface area contributed by atoms with Crippen molar-refractivity contribution in [2.75, 3.05) is 50.5 Å². The van der Waals surface area contributed by atoms with Crippen LogP contribution in [0, 0.1) is 0 Å². The zero-order valence-corrected chi connectivity index (χ0v) is 19.1. The van der Waals surface area contributed by atoms with E-state index in [0.717, 1.165) is 38.8 Å². The monoisotopic (exact) mass is 452 g/mol. The predicted octanol–water partition coefficient (Wildman–Crippen LogP) is 3.13. The highest BCUT2D eigenvalue weighted by Crippen LogP contribution is 2.17. The molecule has 1 heterocycles. The number of likely N-dealkylation sites (tertiary alicyclic amines) is 1. The molecule has 0 bridgehead atoms. The van der Waals surface area contributed by atoms with Crippen LogP contribution < -0.4 is 16.0 Å². The summed E-state index contributed by atoms with van der Waals surface area (Å²) in [6.45, 7) is 2.45. The standard InChI is InChI=1S/C25H32N4O4/c1-33-15-12-26-24(31)19-8-6-10-21(16-19)27-18-23(30)28-22-11-7-9-20(17-22)25(32)29-13-4-2-3-5-14-29/h6-11,16-17,27H,2-5,12-15,18H2,1H3,(H,26,31)(H,28,30). The van der Waals surface area contributed by atoms with Crippen LogP contribution in [0.25, 0.3) is 0 Å². The zero-order valence-electron chi connectivity index (χ0n) is 19.1. The van der Waals surface area contributed by atoms with Crippen molar-refractivity contribution < 1.29 is 19.1 Å². The predicted molar refractivity (Wildman–Crippen MR) is 129 cm³/mol. The van der Waals surface area contributed by atoms with E-state index < -0.39 is 0 Å². The maximum Gasteiger partial charge on any atom is 0.253 e. The molecule has 0 atom stereocenters. The molecule has 1 saturated heterocycles. The molecule has 3 N–H and O–H groups in total. The first-order valence-corrected chi connectivity index (χ1v) is 11.4. The Morgan fingerprint density at radius 1 is 0.909 bits per heavy atom. The Kier molecular flexibility index (Phi) is 9.26. The van der Waals surface area contributed by atoms with Crippen LogP contribution in [0.3, 0.4) is 0 Å². The van der Waals surface area contributed by atoms with Crippen molar-refractivity contribution in [3.05, 3.63) is 59.7 Å². The molecule has 1 aliphatic rings. The average molecular weight is 453 g/mol. The topological polar surface area (TPSA) is 99.8 Å². The molecule has 0 aromatic heterocycles. The zero-order chi connectivity index (χ0) is 23.5. The minimum atomic E-state index is -0.246. The van der Waals surface area contributed by atoms with Gasteiger partial charge in [-0.15, -0.1) is 0 Å². The minimum Gasteiger partial charge on any atom is -0.383 e. The van der Waals surface area contributed by atoms with E-state index in [1.165, 1.54) is 0 Å². The molecular formula is C25H32N4O4. The van der Waals surface area contributed by atoms with E-state index in [1.807, 2.05) is 4.90 Å². The summed E-state index contributed by atoms with van der Waals surface area (Å²) in [6.07, 6.45) is 4.39. The first-order valence-electron chi connectivity index (χ1n) is 11.4. The Hall–Kier alpha value is -3.39. The van der Waals surface area contributed by atoms with E-state index in [-0.39, 0.29) is 24.3 Å². The van der Waals surface area contributed by atoms with Gasteiger partial charge < -0.3 is 25.6 Å². The van der Waals surface area contributed by atoms with Crippen LogP contribution in [-0.2, 0) is 9.53 Å². The number of carbonyl (C=O) groups excluding carboxylic acids is 3. The van der Waals surface area contributed by atoms with Crippen LogP contribution in [-0.4, -0.2) is 62.5 Å². The maximum atomic E-state index is 12.8. The Morgan fingerprint density at radius 3 is 2.30 bits per heavy atom. The molecule has 3 rings (SSSR count). The summed E-state index contributed by atoms with van der Waals surface area (Å²) in [6, 6.07) is 14.0. The van der Waals surface area contributed by atoms with E-state index in [0.29, 0.717) is 35.7 Å². The van der Waals surface area contributed by atoms with Crippen LogP contribution in [0.2, 0.25) is 0 Å². The molecule has 1 aliphatic heterocycles. The SMILES string of the molecule is COCCNC(=O)c1cccc(NCC(=O)Nc2cccc(C(=O)N3CCCCCC3)c2)c1. The minimum absolute atomic E-state index is 0.00622. The number of carbonyl (C=O) groups is 3. The number of methoxy groups -OCH3 is 1. The lowest BCUT2D eigenvalue weighted by Gasteiger charge is -2.20. The van der Waals surface area contributed by atoms with Crippen molar-refractivity contribution in [2.45, 2.75) is 25.7 Å². The lowest BCUT2D eigenvalue weighted by Crippen LogP contribution is -2.31. The lowest BCUT2D eigenvalue weighted by atomic mass is 10.1. The second-order valence-electron chi connectivity index (χ2n) is 8.02. The molecule has 3 amide bonds. The quantitative estimate of drug-likeness (QED) is 0.508. The highest BCUT2D eigenvalue weighted by molar-refractivity contribution is 5.98. The van der Waals surface area contributed by atoms with Crippen LogP contribution >= 0.6 is 0 Å². The van der Waals surface area contributed by atoms with E-state index in [1.54, 1.807) is 55.6 Å². The molecule has 0 radical (unpaired) electrons. The second-order valence-corrected chi connectivity index (χ2v) is 8.02. The third-order valence-electron chi connectivity index (χ3n) is 5.46. The number of amides is 3. The summed E-state index contributed by atoms with van der Waals surface area (Å²) in [5, 5.41) is 8.62. The molecular weight excluding hydrogens is 420 g/mol. The van der Waals surface area contributed by atoms with Gasteiger partial charge in [0.1, 0.15) is 0 Å². The molecule has 8 heteroatoms. The van der Waals surface area contributed by atoms with Gasteiger partial charge in [0, 0.05) is 49.2 Å². The van der Waals surface area contributed by atoms with E-state index >= 15 is 0 Å². The fourth-order valence-electron chi connectivity index (χ4n) is 3.71. The second kappa shape index (κ2) is 12.6. The summed E-state index contributed by atoms with van der Waals surface area (Å²) < 4.78 is 4.93. The van der Waals surface area contributed by atoms with Gasteiger partial charge in [-0.3, -0.25) is 14.4 Å². The summed E-state index contributed by atoms with van der Waals surface area (Å²) in [4.78, 5) is 39.3. The highest BCUT2D eigenvalue weighted by Gasteiger charge is 2.17. The molecule has 0 spiro atoms. The number of hydrogen-bond donors (Lipinski definition) is 3. The van der Waals surface area contributed by atoms with Crippen molar-refractivity contribution in [3.8, 4) is 0 Å². The first-order chi connectivity index (χ1) is 16.1. The van der Waals surface area contributed by atoms with Gasteiger partial charge in [-0.05, 0) is 49.2 Å². The van der Waals surface area contributed by atoms with Gasteiger partial charge in [0.15, 0.2) is 0 Å². The van der Waals surface area contributed by atoms with Gasteiger partial charge in [-0.1, -0.05) is 25.0 Å². The van der Waals surface area contributed by atoms with Crippen LogP contribution in [0.5, 0.6) is 0 Å². The Labute approximate surface area is 194 Å². The first kappa shape index (κ1) is 24.3. The Balaban J connectivity index is 1.53. The van der Waals surface area contributed by atoms with E-state index in [2.05, 4.69) is 16.0 Å². The number of ether oxygens (including phenoxy) is 1. The summed E-state index contributed by atoms with van der Waals surface area (Å²) >= 11 is 0. The van der Waals surface area contributed by atoms with Crippen molar-refractivity contribution in [3.63, 3.8) is 0 Å². The van der Waals surface area contributed by atoms with Crippen molar-refractivity contribution in [2.24, 2.45) is 0 Å². The molecule has 0 aliphatic carbocycles. The summed E-state index contributed by atoms with van der Waals surface area (Å²) in [7, 11) is 1.58. The van der Waals surface area contributed by atoms with E-state index in [9.17, 15) is 14.4 Å². The number of anilines is 2. The maximum absolute atomic E-state index is 12.8. The normalized spacial score (nSPS) is 13.7. The number of benzene rings is 2. The van der Waals surface area contributed by atoms with Crippen LogP contribution in [0.4, 0.5) is 11.4 Å². The van der Waals surface area contributed by atoms with E-state index in [4.69, 9.17) is 4.74 Å². The third-order valence-corrected chi connectivity index (χ3v) is 5.46. The average Bonchev–Trinajstić information content (AvgIpc) is 3.12. The molecule has 8 nitrogen and oxygen atoms in total. The molecule has 1 fully saturated rings. The van der Waals surface area contributed by atoms with Gasteiger partial charge in [0.2, 0.25) is 5.91 Å². The molecule has 176 valence electrons. The van der Waals surface area contributed by atoms with Gasteiger partial charge in [-0.25, -0.2) is 0 Å². The van der Waals surface area contributed by atoms with Gasteiger partial charge in [-0.2, -0.15) is 0 Å². The lowest BCUT2D eigenvalue weighted by molar-refractivity contribution is -0.114. The summed E-state index contributed by atoms with van der Waals surface area (Å²) in [5.41, 5.74) is 2.31. The molecule has 2 aromatic carbocycles. The molecule has 0 saturated carbocycles. The van der Waals surface area contributed by atoms with Crippen LogP contribution in [0.1, 0.15) is 46.4 Å². The number of nitrogens with zero attached hydrogens (tertiary/aromatic N) is 1. The fourth-order valence-corrected chi connectivity index (χ4v) is 3.71. The van der Waals surface area contributed by atoms with Crippen LogP contribution in [0.15, 0.2) is 48.5 Å². The van der Waals surface area contributed by atoms with Gasteiger partial charge in [0.05, 0.1) is 13.2 Å². The largest absolute Gasteiger partial charge is 0.383 e. The highest BCUT2D eigenvalue weighted by atomic mass is 16.5. The Morgan fingerprint density at radius 2 is 1.58 bits per heavy atom. The van der Waals surface area contributed by atoms with Crippen molar-refractivity contribution >= 4 is 29.1 Å². The number of nitrogens with one attached hydrogen (secondary N) is 3. The fraction of sp³-hybridized carbons (Fsp3) is 0.400. The summed E-state index contributed by atoms with van der Waals surface area (Å²) in [5.74, 6) is -0.443. The van der Waals surface area contributed by atoms with Crippen molar-refractivity contribution in [1.82, 2.24) is 10.2 Å². The van der Waals surface area contributed by atoms with Gasteiger partial charge >= 0.3 is 0 Å². The number of rotatable bonds is 9.